The minimum Gasteiger partial charge on any atom is -0.341 e. The van der Waals surface area contributed by atoms with Gasteiger partial charge in [0.05, 0.1) is 5.75 Å². The molecule has 2 aromatic heterocycles. The molecule has 4 rings (SSSR count). The molecular formula is C22H19N3OS2. The Labute approximate surface area is 172 Å². The van der Waals surface area contributed by atoms with Crippen LogP contribution in [0.15, 0.2) is 78.1 Å². The smallest absolute Gasteiger partial charge is 0.233 e. The Hall–Kier alpha value is -2.70. The molecule has 0 atom stereocenters. The van der Waals surface area contributed by atoms with Gasteiger partial charge in [-0.3, -0.25) is 4.79 Å². The average Bonchev–Trinajstić information content (AvgIpc) is 3.18. The van der Waals surface area contributed by atoms with Crippen LogP contribution >= 0.6 is 23.1 Å². The van der Waals surface area contributed by atoms with E-state index in [0.29, 0.717) is 12.3 Å². The molecule has 28 heavy (non-hydrogen) atoms. The molecule has 0 aliphatic carbocycles. The molecule has 2 heterocycles. The lowest BCUT2D eigenvalue weighted by Gasteiger charge is -2.17. The molecule has 2 aromatic carbocycles. The van der Waals surface area contributed by atoms with Crippen LogP contribution < -0.4 is 0 Å². The van der Waals surface area contributed by atoms with E-state index in [2.05, 4.69) is 28.2 Å². The number of fused-ring (bicyclic) bond motifs is 1. The molecule has 0 N–H and O–H groups in total. The highest BCUT2D eigenvalue weighted by atomic mass is 32.2. The van der Waals surface area contributed by atoms with Gasteiger partial charge < -0.3 is 4.90 Å². The van der Waals surface area contributed by atoms with Gasteiger partial charge in [-0.05, 0) is 17.2 Å². The highest BCUT2D eigenvalue weighted by Crippen LogP contribution is 2.36. The van der Waals surface area contributed by atoms with Crippen molar-refractivity contribution in [2.75, 3.05) is 12.8 Å². The van der Waals surface area contributed by atoms with E-state index in [1.807, 2.05) is 55.6 Å². The second-order valence-corrected chi connectivity index (χ2v) is 8.39. The van der Waals surface area contributed by atoms with E-state index in [1.54, 1.807) is 22.6 Å². The summed E-state index contributed by atoms with van der Waals surface area (Å²) in [6, 6.07) is 22.4. The van der Waals surface area contributed by atoms with Crippen molar-refractivity contribution in [1.82, 2.24) is 14.9 Å². The van der Waals surface area contributed by atoms with Crippen LogP contribution in [0.5, 0.6) is 0 Å². The number of hydrogen-bond acceptors (Lipinski definition) is 5. The number of thioether (sulfide) groups is 1. The minimum absolute atomic E-state index is 0.0825. The molecule has 140 valence electrons. The van der Waals surface area contributed by atoms with Crippen LogP contribution in [0.1, 0.15) is 5.56 Å². The number of amides is 1. The van der Waals surface area contributed by atoms with Crippen molar-refractivity contribution < 1.29 is 4.79 Å². The van der Waals surface area contributed by atoms with Crippen LogP contribution in [0, 0.1) is 0 Å². The van der Waals surface area contributed by atoms with Crippen LogP contribution in [-0.4, -0.2) is 33.6 Å². The van der Waals surface area contributed by atoms with Crippen LogP contribution in [-0.2, 0) is 11.3 Å². The maximum absolute atomic E-state index is 12.5. The maximum atomic E-state index is 12.5. The van der Waals surface area contributed by atoms with Gasteiger partial charge in [0.15, 0.2) is 0 Å². The zero-order chi connectivity index (χ0) is 19.3. The first-order valence-electron chi connectivity index (χ1n) is 8.91. The van der Waals surface area contributed by atoms with Gasteiger partial charge in [0, 0.05) is 23.9 Å². The quantitative estimate of drug-likeness (QED) is 0.330. The lowest BCUT2D eigenvalue weighted by atomic mass is 10.2. The molecule has 0 unspecified atom stereocenters. The van der Waals surface area contributed by atoms with E-state index in [4.69, 9.17) is 0 Å². The first kappa shape index (κ1) is 18.7. The Morgan fingerprint density at radius 1 is 1.04 bits per heavy atom. The summed E-state index contributed by atoms with van der Waals surface area (Å²) in [4.78, 5) is 25.2. The Balaban J connectivity index is 1.47. The summed E-state index contributed by atoms with van der Waals surface area (Å²) >= 11 is 3.12. The number of carbonyl (C=O) groups is 1. The zero-order valence-electron chi connectivity index (χ0n) is 15.4. The second kappa shape index (κ2) is 8.54. The summed E-state index contributed by atoms with van der Waals surface area (Å²) in [5.41, 5.74) is 2.29. The number of rotatable bonds is 6. The molecule has 6 heteroatoms. The van der Waals surface area contributed by atoms with E-state index in [0.717, 1.165) is 25.7 Å². The van der Waals surface area contributed by atoms with E-state index in [9.17, 15) is 4.79 Å². The molecule has 1 amide bonds. The van der Waals surface area contributed by atoms with Crippen molar-refractivity contribution in [3.8, 4) is 10.4 Å². The highest BCUT2D eigenvalue weighted by Gasteiger charge is 2.14. The molecule has 4 nitrogen and oxygen atoms in total. The Morgan fingerprint density at radius 3 is 2.50 bits per heavy atom. The summed E-state index contributed by atoms with van der Waals surface area (Å²) in [6.07, 6.45) is 1.58. The molecule has 0 spiro atoms. The topological polar surface area (TPSA) is 46.1 Å². The molecule has 0 aliphatic rings. The first-order valence-corrected chi connectivity index (χ1v) is 10.7. The van der Waals surface area contributed by atoms with Crippen LogP contribution in [0.2, 0.25) is 0 Å². The fourth-order valence-corrected chi connectivity index (χ4v) is 4.86. The summed E-state index contributed by atoms with van der Waals surface area (Å²) in [7, 11) is 1.84. The second-order valence-electron chi connectivity index (χ2n) is 6.40. The third-order valence-corrected chi connectivity index (χ3v) is 6.45. The summed E-state index contributed by atoms with van der Waals surface area (Å²) in [5, 5.41) is 1.86. The molecule has 4 aromatic rings. The summed E-state index contributed by atoms with van der Waals surface area (Å²) < 4.78 is 0. The molecule has 0 saturated heterocycles. The Kier molecular flexibility index (Phi) is 5.69. The Morgan fingerprint density at radius 2 is 1.75 bits per heavy atom. The number of thiophene rings is 1. The SMILES string of the molecule is CN(Cc1ccccc1)C(=O)CSc1ncnc2sc(-c3ccccc3)cc12. The number of carbonyl (C=O) groups excluding carboxylic acids is 1. The molecule has 0 fully saturated rings. The molecule has 0 saturated carbocycles. The van der Waals surface area contributed by atoms with E-state index < -0.39 is 0 Å². The molecule has 0 aliphatic heterocycles. The number of hydrogen-bond donors (Lipinski definition) is 0. The van der Waals surface area contributed by atoms with E-state index >= 15 is 0 Å². The number of benzene rings is 2. The van der Waals surface area contributed by atoms with Crippen molar-refractivity contribution in [2.45, 2.75) is 11.6 Å². The largest absolute Gasteiger partial charge is 0.341 e. The van der Waals surface area contributed by atoms with E-state index in [1.165, 1.54) is 17.3 Å². The molecule has 0 radical (unpaired) electrons. The highest BCUT2D eigenvalue weighted by molar-refractivity contribution is 8.00. The van der Waals surface area contributed by atoms with Gasteiger partial charge in [-0.2, -0.15) is 0 Å². The zero-order valence-corrected chi connectivity index (χ0v) is 17.0. The molecular weight excluding hydrogens is 386 g/mol. The normalized spacial score (nSPS) is 10.9. The standard InChI is InChI=1S/C22H19N3OS2/c1-25(13-16-8-4-2-5-9-16)20(26)14-27-21-18-12-19(17-10-6-3-7-11-17)28-22(18)24-15-23-21/h2-12,15H,13-14H2,1H3. The average molecular weight is 406 g/mol. The third-order valence-electron chi connectivity index (χ3n) is 4.37. The lowest BCUT2D eigenvalue weighted by Crippen LogP contribution is -2.27. The maximum Gasteiger partial charge on any atom is 0.233 e. The van der Waals surface area contributed by atoms with Gasteiger partial charge in [-0.25, -0.2) is 9.97 Å². The first-order chi connectivity index (χ1) is 13.7. The molecule has 0 bridgehead atoms. The number of aromatic nitrogens is 2. The van der Waals surface area contributed by atoms with Crippen LogP contribution in [0.3, 0.4) is 0 Å². The predicted molar refractivity (Wildman–Crippen MR) is 116 cm³/mol. The number of nitrogens with zero attached hydrogens (tertiary/aromatic N) is 3. The van der Waals surface area contributed by atoms with E-state index in [-0.39, 0.29) is 5.91 Å². The fraction of sp³-hybridized carbons (Fsp3) is 0.136. The van der Waals surface area contributed by atoms with Gasteiger partial charge in [-0.15, -0.1) is 11.3 Å². The third kappa shape index (κ3) is 4.24. The van der Waals surface area contributed by atoms with Crippen molar-refractivity contribution >= 4 is 39.2 Å². The van der Waals surface area contributed by atoms with Crippen LogP contribution in [0.4, 0.5) is 0 Å². The van der Waals surface area contributed by atoms with Crippen molar-refractivity contribution in [3.05, 3.63) is 78.6 Å². The fourth-order valence-electron chi connectivity index (χ4n) is 2.88. The monoisotopic (exact) mass is 405 g/mol. The predicted octanol–water partition coefficient (Wildman–Crippen LogP) is 5.11. The van der Waals surface area contributed by atoms with Crippen molar-refractivity contribution in [3.63, 3.8) is 0 Å². The van der Waals surface area contributed by atoms with Gasteiger partial charge in [-0.1, -0.05) is 72.4 Å². The van der Waals surface area contributed by atoms with Crippen molar-refractivity contribution in [1.29, 1.82) is 0 Å². The minimum atomic E-state index is 0.0825. The summed E-state index contributed by atoms with van der Waals surface area (Å²) in [6.45, 7) is 0.607. The summed E-state index contributed by atoms with van der Waals surface area (Å²) in [5.74, 6) is 0.436. The van der Waals surface area contributed by atoms with Crippen molar-refractivity contribution in [2.24, 2.45) is 0 Å². The van der Waals surface area contributed by atoms with Gasteiger partial charge in [0.2, 0.25) is 5.91 Å². The van der Waals surface area contributed by atoms with Gasteiger partial charge in [0.1, 0.15) is 16.2 Å². The van der Waals surface area contributed by atoms with Gasteiger partial charge >= 0.3 is 0 Å². The lowest BCUT2D eigenvalue weighted by molar-refractivity contribution is -0.127. The van der Waals surface area contributed by atoms with Gasteiger partial charge in [0.25, 0.3) is 0 Å². The Bertz CT molecular complexity index is 1080. The van der Waals surface area contributed by atoms with Crippen LogP contribution in [0.25, 0.3) is 20.7 Å².